The summed E-state index contributed by atoms with van der Waals surface area (Å²) in [6.07, 6.45) is 1.19. The molecule has 2 aromatic rings. The van der Waals surface area contributed by atoms with Gasteiger partial charge in [0.15, 0.2) is 0 Å². The predicted molar refractivity (Wildman–Crippen MR) is 94.8 cm³/mol. The fourth-order valence-corrected chi connectivity index (χ4v) is 2.89. The number of halogens is 1. The van der Waals surface area contributed by atoms with Crippen LogP contribution in [0.1, 0.15) is 31.1 Å². The van der Waals surface area contributed by atoms with Crippen molar-refractivity contribution in [3.05, 3.63) is 36.0 Å². The molecule has 0 spiro atoms. The van der Waals surface area contributed by atoms with Crippen LogP contribution >= 0.6 is 0 Å². The lowest BCUT2D eigenvalue weighted by Crippen LogP contribution is -2.43. The van der Waals surface area contributed by atoms with E-state index in [1.165, 1.54) is 0 Å². The van der Waals surface area contributed by atoms with Gasteiger partial charge in [-0.2, -0.15) is 0 Å². The maximum atomic E-state index is 12.9. The molecule has 1 atom stereocenters. The quantitative estimate of drug-likeness (QED) is 0.798. The summed E-state index contributed by atoms with van der Waals surface area (Å²) in [5.41, 5.74) is 1.56. The van der Waals surface area contributed by atoms with Gasteiger partial charge in [0, 0.05) is 30.4 Å². The minimum absolute atomic E-state index is 0.374. The molecule has 1 saturated heterocycles. The number of esters is 1. The lowest BCUT2D eigenvalue weighted by atomic mass is 10.1. The Hall–Kier alpha value is -2.21. The first kappa shape index (κ1) is 17.6. The first-order valence-corrected chi connectivity index (χ1v) is 8.42. The van der Waals surface area contributed by atoms with Crippen molar-refractivity contribution >= 4 is 22.6 Å². The second kappa shape index (κ2) is 6.96. The van der Waals surface area contributed by atoms with E-state index in [0.29, 0.717) is 25.3 Å². The van der Waals surface area contributed by atoms with Crippen molar-refractivity contribution in [3.8, 4) is 0 Å². The third-order valence-corrected chi connectivity index (χ3v) is 4.02. The van der Waals surface area contributed by atoms with Crippen LogP contribution in [0, 0.1) is 0 Å². The minimum Gasteiger partial charge on any atom is -0.456 e. The molecular formula is C19H23FN2O3. The summed E-state index contributed by atoms with van der Waals surface area (Å²) in [5, 5.41) is 0.734. The number of carbonyl (C=O) groups is 1. The number of hydrogen-bond donors (Lipinski definition) is 0. The molecule has 134 valence electrons. The molecule has 0 aliphatic carbocycles. The van der Waals surface area contributed by atoms with Crippen molar-refractivity contribution < 1.29 is 18.7 Å². The van der Waals surface area contributed by atoms with Gasteiger partial charge in [0.2, 0.25) is 0 Å². The molecule has 1 aromatic heterocycles. The van der Waals surface area contributed by atoms with Gasteiger partial charge in [-0.25, -0.2) is 9.18 Å². The van der Waals surface area contributed by atoms with E-state index in [2.05, 4.69) is 9.88 Å². The molecule has 1 aromatic carbocycles. The van der Waals surface area contributed by atoms with E-state index in [-0.39, 0.29) is 5.97 Å². The molecule has 1 aliphatic rings. The molecule has 3 rings (SSSR count). The van der Waals surface area contributed by atoms with Crippen molar-refractivity contribution in [1.29, 1.82) is 0 Å². The van der Waals surface area contributed by atoms with E-state index in [4.69, 9.17) is 9.47 Å². The summed E-state index contributed by atoms with van der Waals surface area (Å²) in [5.74, 6) is -0.374. The molecule has 1 unspecified atom stereocenters. The Morgan fingerprint density at radius 2 is 2.20 bits per heavy atom. The zero-order valence-electron chi connectivity index (χ0n) is 14.8. The number of nitrogens with zero attached hydrogens (tertiary/aromatic N) is 2. The third kappa shape index (κ3) is 4.07. The number of rotatable bonds is 3. The number of pyridine rings is 1. The number of ether oxygens (including phenoxy) is 2. The Kier molecular flexibility index (Phi) is 4.90. The van der Waals surface area contributed by atoms with Gasteiger partial charge in [0.05, 0.1) is 17.7 Å². The van der Waals surface area contributed by atoms with Crippen LogP contribution in [0.3, 0.4) is 0 Å². The number of alkyl halides is 1. The van der Waals surface area contributed by atoms with Crippen molar-refractivity contribution in [1.82, 2.24) is 4.98 Å². The molecule has 5 nitrogen and oxygen atoms in total. The van der Waals surface area contributed by atoms with Crippen molar-refractivity contribution in [2.75, 3.05) is 31.3 Å². The smallest absolute Gasteiger partial charge is 0.339 e. The summed E-state index contributed by atoms with van der Waals surface area (Å²) in [6.45, 7) is 6.67. The minimum atomic E-state index is -0.567. The summed E-state index contributed by atoms with van der Waals surface area (Å²) in [6, 6.07) is 7.40. The molecule has 25 heavy (non-hydrogen) atoms. The molecule has 0 amide bonds. The van der Waals surface area contributed by atoms with Crippen LogP contribution in [0.2, 0.25) is 0 Å². The number of benzene rings is 1. The highest BCUT2D eigenvalue weighted by atomic mass is 19.1. The maximum absolute atomic E-state index is 12.9. The molecule has 0 bridgehead atoms. The molecule has 0 saturated carbocycles. The normalized spacial score (nSPS) is 18.4. The van der Waals surface area contributed by atoms with E-state index < -0.39 is 18.4 Å². The van der Waals surface area contributed by atoms with Crippen molar-refractivity contribution in [2.45, 2.75) is 32.5 Å². The van der Waals surface area contributed by atoms with Crippen molar-refractivity contribution in [3.63, 3.8) is 0 Å². The fraction of sp³-hybridized carbons (Fsp3) is 0.474. The summed E-state index contributed by atoms with van der Waals surface area (Å²) < 4.78 is 23.8. The van der Waals surface area contributed by atoms with Gasteiger partial charge in [-0.05, 0) is 45.0 Å². The van der Waals surface area contributed by atoms with E-state index in [1.807, 2.05) is 39.0 Å². The molecule has 2 heterocycles. The Morgan fingerprint density at radius 3 is 2.92 bits per heavy atom. The van der Waals surface area contributed by atoms with Gasteiger partial charge >= 0.3 is 5.97 Å². The Morgan fingerprint density at radius 1 is 1.40 bits per heavy atom. The summed E-state index contributed by atoms with van der Waals surface area (Å²) in [4.78, 5) is 18.9. The number of morpholine rings is 1. The molecule has 1 aliphatic heterocycles. The predicted octanol–water partition coefficient (Wildman–Crippen LogP) is 3.36. The number of aromatic nitrogens is 1. The van der Waals surface area contributed by atoms with Gasteiger partial charge in [0.1, 0.15) is 18.4 Å². The van der Waals surface area contributed by atoms with Crippen LogP contribution in [0.4, 0.5) is 10.1 Å². The fourth-order valence-electron chi connectivity index (χ4n) is 2.89. The number of fused-ring (bicyclic) bond motifs is 1. The van der Waals surface area contributed by atoms with E-state index in [1.54, 1.807) is 12.3 Å². The van der Waals surface area contributed by atoms with Gasteiger partial charge in [-0.15, -0.1) is 0 Å². The number of carbonyl (C=O) groups excluding carboxylic acids is 1. The molecular weight excluding hydrogens is 323 g/mol. The largest absolute Gasteiger partial charge is 0.456 e. The van der Waals surface area contributed by atoms with Crippen LogP contribution in [-0.4, -0.2) is 49.0 Å². The Bertz CT molecular complexity index is 773. The number of anilines is 1. The Labute approximate surface area is 146 Å². The van der Waals surface area contributed by atoms with E-state index in [0.717, 1.165) is 16.6 Å². The second-order valence-electron chi connectivity index (χ2n) is 7.15. The lowest BCUT2D eigenvalue weighted by Gasteiger charge is -2.33. The molecule has 0 radical (unpaired) electrons. The van der Waals surface area contributed by atoms with Crippen LogP contribution in [0.15, 0.2) is 30.5 Å². The molecule has 0 N–H and O–H groups in total. The average Bonchev–Trinajstić information content (AvgIpc) is 2.59. The third-order valence-electron chi connectivity index (χ3n) is 4.02. The second-order valence-corrected chi connectivity index (χ2v) is 7.15. The number of hydrogen-bond acceptors (Lipinski definition) is 5. The van der Waals surface area contributed by atoms with Crippen molar-refractivity contribution in [2.24, 2.45) is 0 Å². The SMILES string of the molecule is CC(C)(C)OC(=O)c1ccnc2ccc(N3CCOC(CF)C3)cc12. The van der Waals surface area contributed by atoms with E-state index in [9.17, 15) is 9.18 Å². The topological polar surface area (TPSA) is 51.7 Å². The van der Waals surface area contributed by atoms with Crippen LogP contribution < -0.4 is 4.90 Å². The summed E-state index contributed by atoms with van der Waals surface area (Å²) in [7, 11) is 0. The standard InChI is InChI=1S/C19H23FN2O3/c1-19(2,3)25-18(23)15-6-7-21-17-5-4-13(10-16(15)17)22-8-9-24-14(11-20)12-22/h4-7,10,14H,8-9,11-12H2,1-3H3. The zero-order valence-corrected chi connectivity index (χ0v) is 14.8. The van der Waals surface area contributed by atoms with Gasteiger partial charge in [0.25, 0.3) is 0 Å². The maximum Gasteiger partial charge on any atom is 0.339 e. The average molecular weight is 346 g/mol. The van der Waals surface area contributed by atoms with Gasteiger partial charge in [-0.3, -0.25) is 4.98 Å². The zero-order chi connectivity index (χ0) is 18.0. The Balaban J connectivity index is 1.96. The van der Waals surface area contributed by atoms with Gasteiger partial charge in [-0.1, -0.05) is 0 Å². The monoisotopic (exact) mass is 346 g/mol. The van der Waals surface area contributed by atoms with Gasteiger partial charge < -0.3 is 14.4 Å². The highest BCUT2D eigenvalue weighted by molar-refractivity contribution is 6.04. The van der Waals surface area contributed by atoms with Crippen LogP contribution in [-0.2, 0) is 9.47 Å². The lowest BCUT2D eigenvalue weighted by molar-refractivity contribution is 0.00717. The highest BCUT2D eigenvalue weighted by Crippen LogP contribution is 2.26. The first-order chi connectivity index (χ1) is 11.9. The highest BCUT2D eigenvalue weighted by Gasteiger charge is 2.23. The van der Waals surface area contributed by atoms with Crippen LogP contribution in [0.5, 0.6) is 0 Å². The van der Waals surface area contributed by atoms with Crippen LogP contribution in [0.25, 0.3) is 10.9 Å². The summed E-state index contributed by atoms with van der Waals surface area (Å²) >= 11 is 0. The first-order valence-electron chi connectivity index (χ1n) is 8.42. The van der Waals surface area contributed by atoms with E-state index >= 15 is 0 Å². The molecule has 1 fully saturated rings. The molecule has 6 heteroatoms.